The Kier molecular flexibility index (Phi) is 6.62. The summed E-state index contributed by atoms with van der Waals surface area (Å²) in [6.07, 6.45) is 1.94. The van der Waals surface area contributed by atoms with Crippen molar-refractivity contribution in [2.75, 3.05) is 19.8 Å². The minimum absolute atomic E-state index is 0.0633. The first kappa shape index (κ1) is 20.3. The van der Waals surface area contributed by atoms with Crippen molar-refractivity contribution >= 4 is 22.5 Å². The highest BCUT2D eigenvalue weighted by atomic mass is 16.5. The first-order valence-corrected chi connectivity index (χ1v) is 10.1. The quantitative estimate of drug-likeness (QED) is 0.574. The van der Waals surface area contributed by atoms with Gasteiger partial charge in [0.15, 0.2) is 5.65 Å². The molecule has 0 aliphatic rings. The molecule has 3 aromatic rings. The van der Waals surface area contributed by atoms with E-state index in [2.05, 4.69) is 24.3 Å². The fraction of sp³-hybridized carbons (Fsp3) is 0.500. The first-order valence-electron chi connectivity index (χ1n) is 10.1. The maximum atomic E-state index is 12.2. The number of carbonyl (C=O) groups is 1. The second-order valence-corrected chi connectivity index (χ2v) is 7.69. The number of aromatic nitrogens is 3. The molecule has 6 heteroatoms. The Morgan fingerprint density at radius 3 is 2.82 bits per heavy atom. The number of nitrogens with zero attached hydrogens (tertiary/aromatic N) is 3. The smallest absolute Gasteiger partial charge is 0.220 e. The lowest BCUT2D eigenvalue weighted by molar-refractivity contribution is -0.121. The standard InChI is InChI=1S/C22H30N4O2/c1-15(2)14-28-13-7-12-23-21(27)11-10-18-16(3)24-22-19-8-5-6-9-20(19)25-26(22)17(18)4/h5-6,8-9,15H,7,10-14H2,1-4H3,(H,23,27). The number of amides is 1. The van der Waals surface area contributed by atoms with Crippen molar-refractivity contribution in [1.29, 1.82) is 0 Å². The second kappa shape index (κ2) is 9.15. The van der Waals surface area contributed by atoms with Crippen LogP contribution >= 0.6 is 0 Å². The average molecular weight is 383 g/mol. The highest BCUT2D eigenvalue weighted by Crippen LogP contribution is 2.22. The van der Waals surface area contributed by atoms with Crippen molar-refractivity contribution in [2.45, 2.75) is 47.0 Å². The minimum atomic E-state index is 0.0633. The summed E-state index contributed by atoms with van der Waals surface area (Å²) in [7, 11) is 0. The fourth-order valence-corrected chi connectivity index (χ4v) is 3.39. The van der Waals surface area contributed by atoms with Gasteiger partial charge in [-0.25, -0.2) is 9.50 Å². The van der Waals surface area contributed by atoms with Crippen molar-refractivity contribution in [3.8, 4) is 0 Å². The number of benzene rings is 1. The van der Waals surface area contributed by atoms with Gasteiger partial charge in [-0.05, 0) is 50.3 Å². The molecule has 1 aromatic carbocycles. The van der Waals surface area contributed by atoms with E-state index in [9.17, 15) is 4.79 Å². The van der Waals surface area contributed by atoms with Gasteiger partial charge in [0.2, 0.25) is 5.91 Å². The molecule has 0 atom stereocenters. The highest BCUT2D eigenvalue weighted by Gasteiger charge is 2.14. The molecule has 0 fully saturated rings. The topological polar surface area (TPSA) is 68.5 Å². The Labute approximate surface area is 166 Å². The number of ether oxygens (including phenoxy) is 1. The molecule has 2 heterocycles. The van der Waals surface area contributed by atoms with E-state index in [1.807, 2.05) is 42.6 Å². The predicted molar refractivity (Wildman–Crippen MR) is 112 cm³/mol. The number of rotatable bonds is 9. The summed E-state index contributed by atoms with van der Waals surface area (Å²) >= 11 is 0. The lowest BCUT2D eigenvalue weighted by Crippen LogP contribution is -2.26. The third kappa shape index (κ3) is 4.68. The normalized spacial score (nSPS) is 11.6. The Balaban J connectivity index is 1.58. The van der Waals surface area contributed by atoms with Crippen LogP contribution in [0.15, 0.2) is 24.3 Å². The summed E-state index contributed by atoms with van der Waals surface area (Å²) in [5.41, 5.74) is 4.92. The molecule has 3 rings (SSSR count). The van der Waals surface area contributed by atoms with E-state index in [-0.39, 0.29) is 5.91 Å². The van der Waals surface area contributed by atoms with Crippen LogP contribution in [0.1, 0.15) is 43.6 Å². The Bertz CT molecular complexity index is 962. The molecule has 0 unspecified atom stereocenters. The van der Waals surface area contributed by atoms with E-state index >= 15 is 0 Å². The van der Waals surface area contributed by atoms with E-state index in [4.69, 9.17) is 9.72 Å². The third-order valence-electron chi connectivity index (χ3n) is 4.86. The van der Waals surface area contributed by atoms with Gasteiger partial charge in [0, 0.05) is 43.0 Å². The molecular formula is C22H30N4O2. The zero-order valence-corrected chi connectivity index (χ0v) is 17.3. The van der Waals surface area contributed by atoms with Crippen LogP contribution in [-0.2, 0) is 16.0 Å². The van der Waals surface area contributed by atoms with Crippen LogP contribution in [0, 0.1) is 19.8 Å². The van der Waals surface area contributed by atoms with E-state index in [1.54, 1.807) is 0 Å². The van der Waals surface area contributed by atoms with Crippen LogP contribution in [0.3, 0.4) is 0 Å². The van der Waals surface area contributed by atoms with Gasteiger partial charge in [-0.3, -0.25) is 4.79 Å². The zero-order chi connectivity index (χ0) is 20.1. The van der Waals surface area contributed by atoms with Crippen molar-refractivity contribution in [2.24, 2.45) is 5.92 Å². The predicted octanol–water partition coefficient (Wildman–Crippen LogP) is 3.61. The van der Waals surface area contributed by atoms with Gasteiger partial charge in [-0.1, -0.05) is 26.0 Å². The molecule has 2 aromatic heterocycles. The van der Waals surface area contributed by atoms with Gasteiger partial charge in [0.1, 0.15) is 0 Å². The summed E-state index contributed by atoms with van der Waals surface area (Å²) < 4.78 is 7.43. The number of aryl methyl sites for hydroxylation is 2. The highest BCUT2D eigenvalue weighted by molar-refractivity contribution is 5.92. The monoisotopic (exact) mass is 382 g/mol. The fourth-order valence-electron chi connectivity index (χ4n) is 3.39. The van der Waals surface area contributed by atoms with Crippen LogP contribution in [0.25, 0.3) is 16.6 Å². The lowest BCUT2D eigenvalue weighted by Gasteiger charge is -2.11. The molecule has 0 spiro atoms. The van der Waals surface area contributed by atoms with Crippen molar-refractivity contribution in [1.82, 2.24) is 19.9 Å². The Hall–Kier alpha value is -2.47. The molecule has 0 bridgehead atoms. The molecule has 28 heavy (non-hydrogen) atoms. The molecule has 0 saturated heterocycles. The Morgan fingerprint density at radius 1 is 1.25 bits per heavy atom. The van der Waals surface area contributed by atoms with Gasteiger partial charge < -0.3 is 10.1 Å². The van der Waals surface area contributed by atoms with Gasteiger partial charge in [0.05, 0.1) is 5.52 Å². The molecule has 1 amide bonds. The zero-order valence-electron chi connectivity index (χ0n) is 17.3. The van der Waals surface area contributed by atoms with Crippen LogP contribution in [-0.4, -0.2) is 40.3 Å². The Morgan fingerprint density at radius 2 is 2.04 bits per heavy atom. The summed E-state index contributed by atoms with van der Waals surface area (Å²) in [6, 6.07) is 8.02. The summed E-state index contributed by atoms with van der Waals surface area (Å²) in [6.45, 7) is 10.4. The van der Waals surface area contributed by atoms with Gasteiger partial charge in [0.25, 0.3) is 0 Å². The first-order chi connectivity index (χ1) is 13.5. The number of hydrogen-bond acceptors (Lipinski definition) is 4. The van der Waals surface area contributed by atoms with Crippen LogP contribution in [0.4, 0.5) is 0 Å². The van der Waals surface area contributed by atoms with Gasteiger partial charge >= 0.3 is 0 Å². The average Bonchev–Trinajstić information content (AvgIpc) is 3.03. The van der Waals surface area contributed by atoms with Crippen molar-refractivity contribution < 1.29 is 9.53 Å². The minimum Gasteiger partial charge on any atom is -0.381 e. The number of hydrogen-bond donors (Lipinski definition) is 1. The largest absolute Gasteiger partial charge is 0.381 e. The summed E-state index contributed by atoms with van der Waals surface area (Å²) in [5, 5.41) is 8.70. The SMILES string of the molecule is Cc1nc2c3ccccc3nn2c(C)c1CCC(=O)NCCCOCC(C)C. The van der Waals surface area contributed by atoms with Crippen LogP contribution in [0.5, 0.6) is 0 Å². The lowest BCUT2D eigenvalue weighted by atomic mass is 10.1. The molecule has 1 N–H and O–H groups in total. The molecular weight excluding hydrogens is 352 g/mol. The van der Waals surface area contributed by atoms with Gasteiger partial charge in [-0.15, -0.1) is 0 Å². The van der Waals surface area contributed by atoms with E-state index in [0.717, 1.165) is 46.5 Å². The van der Waals surface area contributed by atoms with Crippen LogP contribution < -0.4 is 5.32 Å². The van der Waals surface area contributed by atoms with Crippen molar-refractivity contribution in [3.63, 3.8) is 0 Å². The summed E-state index contributed by atoms with van der Waals surface area (Å²) in [4.78, 5) is 17.0. The van der Waals surface area contributed by atoms with Crippen molar-refractivity contribution in [3.05, 3.63) is 41.2 Å². The van der Waals surface area contributed by atoms with E-state index < -0.39 is 0 Å². The maximum absolute atomic E-state index is 12.2. The second-order valence-electron chi connectivity index (χ2n) is 7.69. The molecule has 6 nitrogen and oxygen atoms in total. The molecule has 150 valence electrons. The maximum Gasteiger partial charge on any atom is 0.220 e. The molecule has 0 aliphatic carbocycles. The molecule has 0 aliphatic heterocycles. The number of fused-ring (bicyclic) bond motifs is 3. The number of carbonyl (C=O) groups excluding carboxylic acids is 1. The third-order valence-corrected chi connectivity index (χ3v) is 4.86. The molecule has 0 radical (unpaired) electrons. The number of nitrogens with one attached hydrogen (secondary N) is 1. The van der Waals surface area contributed by atoms with Crippen LogP contribution in [0.2, 0.25) is 0 Å². The molecule has 0 saturated carbocycles. The summed E-state index contributed by atoms with van der Waals surface area (Å²) in [5.74, 6) is 0.604. The van der Waals surface area contributed by atoms with E-state index in [0.29, 0.717) is 31.9 Å². The van der Waals surface area contributed by atoms with E-state index in [1.165, 1.54) is 0 Å². The van der Waals surface area contributed by atoms with Gasteiger partial charge in [-0.2, -0.15) is 5.10 Å².